The van der Waals surface area contributed by atoms with Crippen molar-refractivity contribution in [3.8, 4) is 11.1 Å². The third kappa shape index (κ3) is 4.77. The van der Waals surface area contributed by atoms with E-state index in [1.807, 2.05) is 36.4 Å². The van der Waals surface area contributed by atoms with Gasteiger partial charge in [-0.25, -0.2) is 9.59 Å². The number of ether oxygens (including phenoxy) is 1. The molecule has 0 heterocycles. The van der Waals surface area contributed by atoms with Gasteiger partial charge in [0.1, 0.15) is 18.2 Å². The molecule has 1 saturated carbocycles. The number of carbonyl (C=O) groups is 3. The number of nitrogens with one attached hydrogen (secondary N) is 2. The fraction of sp³-hybridized carbons (Fsp3) is 0.423. The molecule has 2 unspecified atom stereocenters. The Labute approximate surface area is 199 Å². The van der Waals surface area contributed by atoms with Gasteiger partial charge in [0.25, 0.3) is 0 Å². The summed E-state index contributed by atoms with van der Waals surface area (Å²) in [4.78, 5) is 39.3. The van der Waals surface area contributed by atoms with Crippen LogP contribution < -0.4 is 10.6 Å². The fourth-order valence-corrected chi connectivity index (χ4v) is 4.68. The molecule has 34 heavy (non-hydrogen) atoms. The van der Waals surface area contributed by atoms with Gasteiger partial charge in [-0.3, -0.25) is 4.79 Å². The molecular formula is C26H31N3O5. The molecule has 0 saturated heterocycles. The summed E-state index contributed by atoms with van der Waals surface area (Å²) < 4.78 is 5.57. The van der Waals surface area contributed by atoms with Crippen LogP contribution >= 0.6 is 0 Å². The molecule has 0 radical (unpaired) electrons. The SMILES string of the molecule is CN(C)CC(NC(=O)OCC1c2ccccc2-c2ccccc21)C(=O)NC(C)(C(=O)O)C1CC1. The zero-order valence-corrected chi connectivity index (χ0v) is 19.7. The lowest BCUT2D eigenvalue weighted by atomic mass is 9.95. The molecule has 0 aliphatic heterocycles. The Morgan fingerprint density at radius 3 is 2.12 bits per heavy atom. The van der Waals surface area contributed by atoms with Crippen LogP contribution in [-0.4, -0.2) is 66.8 Å². The molecule has 0 bridgehead atoms. The van der Waals surface area contributed by atoms with E-state index in [9.17, 15) is 19.5 Å². The average molecular weight is 466 g/mol. The maximum Gasteiger partial charge on any atom is 0.407 e. The van der Waals surface area contributed by atoms with Crippen LogP contribution in [0.4, 0.5) is 4.79 Å². The lowest BCUT2D eigenvalue weighted by Crippen LogP contribution is -2.60. The Balaban J connectivity index is 1.43. The standard InChI is InChI=1S/C26H31N3O5/c1-26(24(31)32,16-12-13-16)28-23(30)22(14-29(2)3)27-25(33)34-15-21-19-10-6-4-8-17(19)18-9-5-7-11-20(18)21/h4-11,16,21-22H,12-15H2,1-3H3,(H,27,33)(H,28,30)(H,31,32). The molecule has 2 aromatic carbocycles. The van der Waals surface area contributed by atoms with E-state index in [2.05, 4.69) is 22.8 Å². The first-order valence-electron chi connectivity index (χ1n) is 11.5. The van der Waals surface area contributed by atoms with Crippen LogP contribution in [-0.2, 0) is 14.3 Å². The number of carboxylic acid groups (broad SMARTS) is 1. The first-order chi connectivity index (χ1) is 16.2. The zero-order valence-electron chi connectivity index (χ0n) is 19.7. The van der Waals surface area contributed by atoms with E-state index in [1.54, 1.807) is 19.0 Å². The third-order valence-electron chi connectivity index (χ3n) is 6.72. The molecule has 4 rings (SSSR count). The normalized spacial score (nSPS) is 17.3. The van der Waals surface area contributed by atoms with Crippen molar-refractivity contribution in [2.24, 2.45) is 5.92 Å². The van der Waals surface area contributed by atoms with Crippen molar-refractivity contribution in [1.82, 2.24) is 15.5 Å². The van der Waals surface area contributed by atoms with E-state index >= 15 is 0 Å². The van der Waals surface area contributed by atoms with E-state index in [1.165, 1.54) is 6.92 Å². The summed E-state index contributed by atoms with van der Waals surface area (Å²) in [6.45, 7) is 1.85. The van der Waals surface area contributed by atoms with Crippen molar-refractivity contribution < 1.29 is 24.2 Å². The number of carbonyl (C=O) groups excluding carboxylic acids is 2. The van der Waals surface area contributed by atoms with Gasteiger partial charge in [-0.05, 0) is 62.0 Å². The summed E-state index contributed by atoms with van der Waals surface area (Å²) in [5.41, 5.74) is 3.10. The van der Waals surface area contributed by atoms with E-state index < -0.39 is 29.6 Å². The highest BCUT2D eigenvalue weighted by atomic mass is 16.5. The number of benzene rings is 2. The van der Waals surface area contributed by atoms with Crippen molar-refractivity contribution in [1.29, 1.82) is 0 Å². The number of carboxylic acids is 1. The Hall–Kier alpha value is -3.39. The summed E-state index contributed by atoms with van der Waals surface area (Å²) in [7, 11) is 3.55. The number of nitrogens with zero attached hydrogens (tertiary/aromatic N) is 1. The van der Waals surface area contributed by atoms with Crippen molar-refractivity contribution in [3.05, 3.63) is 59.7 Å². The number of hydrogen-bond acceptors (Lipinski definition) is 5. The molecule has 0 spiro atoms. The van der Waals surface area contributed by atoms with E-state index in [0.717, 1.165) is 35.1 Å². The Morgan fingerprint density at radius 1 is 1.06 bits per heavy atom. The lowest BCUT2D eigenvalue weighted by molar-refractivity contribution is -0.148. The maximum absolute atomic E-state index is 13.0. The van der Waals surface area contributed by atoms with Crippen LogP contribution in [0.15, 0.2) is 48.5 Å². The largest absolute Gasteiger partial charge is 0.480 e. The number of amides is 2. The van der Waals surface area contributed by atoms with Crippen LogP contribution in [0.25, 0.3) is 11.1 Å². The number of rotatable bonds is 9. The molecule has 2 amide bonds. The molecule has 1 fully saturated rings. The highest BCUT2D eigenvalue weighted by Gasteiger charge is 2.49. The van der Waals surface area contributed by atoms with Crippen LogP contribution in [0.1, 0.15) is 36.8 Å². The molecular weight excluding hydrogens is 434 g/mol. The van der Waals surface area contributed by atoms with Crippen LogP contribution in [0, 0.1) is 5.92 Å². The van der Waals surface area contributed by atoms with Gasteiger partial charge in [0.2, 0.25) is 5.91 Å². The minimum absolute atomic E-state index is 0.0931. The quantitative estimate of drug-likeness (QED) is 0.526. The van der Waals surface area contributed by atoms with Gasteiger partial charge < -0.3 is 25.4 Å². The maximum atomic E-state index is 13.0. The summed E-state index contributed by atoms with van der Waals surface area (Å²) in [5.74, 6) is -1.82. The minimum Gasteiger partial charge on any atom is -0.480 e. The number of alkyl carbamates (subject to hydrolysis) is 1. The Kier molecular flexibility index (Phi) is 6.61. The zero-order chi connectivity index (χ0) is 24.5. The molecule has 180 valence electrons. The summed E-state index contributed by atoms with van der Waals surface area (Å²) in [5, 5.41) is 15.0. The second-order valence-electron chi connectivity index (χ2n) is 9.56. The van der Waals surface area contributed by atoms with Crippen molar-refractivity contribution >= 4 is 18.0 Å². The monoisotopic (exact) mass is 465 g/mol. The number of aliphatic carboxylic acids is 1. The Morgan fingerprint density at radius 2 is 1.62 bits per heavy atom. The Bertz CT molecular complexity index is 1050. The third-order valence-corrected chi connectivity index (χ3v) is 6.72. The fourth-order valence-electron chi connectivity index (χ4n) is 4.68. The molecule has 2 aliphatic carbocycles. The summed E-state index contributed by atoms with van der Waals surface area (Å²) >= 11 is 0. The molecule has 8 nitrogen and oxygen atoms in total. The predicted molar refractivity (Wildman–Crippen MR) is 127 cm³/mol. The highest BCUT2D eigenvalue weighted by Crippen LogP contribution is 2.44. The second kappa shape index (κ2) is 9.46. The molecule has 0 aromatic heterocycles. The van der Waals surface area contributed by atoms with Crippen LogP contribution in [0.5, 0.6) is 0 Å². The minimum atomic E-state index is -1.36. The summed E-state index contributed by atoms with van der Waals surface area (Å²) in [6.07, 6.45) is 0.787. The molecule has 2 atom stereocenters. The van der Waals surface area contributed by atoms with Gasteiger partial charge in [-0.1, -0.05) is 48.5 Å². The molecule has 2 aliphatic rings. The second-order valence-corrected chi connectivity index (χ2v) is 9.56. The van der Waals surface area contributed by atoms with Crippen LogP contribution in [0.2, 0.25) is 0 Å². The van der Waals surface area contributed by atoms with Crippen molar-refractivity contribution in [3.63, 3.8) is 0 Å². The molecule has 8 heteroatoms. The summed E-state index contributed by atoms with van der Waals surface area (Å²) in [6, 6.07) is 15.1. The average Bonchev–Trinajstić information content (AvgIpc) is 3.60. The van der Waals surface area contributed by atoms with Gasteiger partial charge in [-0.2, -0.15) is 0 Å². The van der Waals surface area contributed by atoms with Gasteiger partial charge in [0.15, 0.2) is 0 Å². The predicted octanol–water partition coefficient (Wildman–Crippen LogP) is 2.82. The number of likely N-dealkylation sites (N-methyl/N-ethyl adjacent to an activating group) is 1. The van der Waals surface area contributed by atoms with Gasteiger partial charge in [0.05, 0.1) is 0 Å². The van der Waals surface area contributed by atoms with E-state index in [0.29, 0.717) is 0 Å². The van der Waals surface area contributed by atoms with E-state index in [-0.39, 0.29) is 25.0 Å². The first kappa shape index (κ1) is 23.8. The van der Waals surface area contributed by atoms with Crippen molar-refractivity contribution in [2.45, 2.75) is 37.3 Å². The van der Waals surface area contributed by atoms with E-state index in [4.69, 9.17) is 4.74 Å². The van der Waals surface area contributed by atoms with Crippen LogP contribution in [0.3, 0.4) is 0 Å². The lowest BCUT2D eigenvalue weighted by Gasteiger charge is -2.29. The van der Waals surface area contributed by atoms with Gasteiger partial charge in [0, 0.05) is 12.5 Å². The highest BCUT2D eigenvalue weighted by molar-refractivity contribution is 5.91. The molecule has 3 N–H and O–H groups in total. The number of hydrogen-bond donors (Lipinski definition) is 3. The molecule has 2 aromatic rings. The van der Waals surface area contributed by atoms with Gasteiger partial charge in [-0.15, -0.1) is 0 Å². The van der Waals surface area contributed by atoms with Gasteiger partial charge >= 0.3 is 12.1 Å². The van der Waals surface area contributed by atoms with Crippen molar-refractivity contribution in [2.75, 3.05) is 27.2 Å². The topological polar surface area (TPSA) is 108 Å². The first-order valence-corrected chi connectivity index (χ1v) is 11.5. The smallest absolute Gasteiger partial charge is 0.407 e. The number of fused-ring (bicyclic) bond motifs is 3.